The zero-order valence-corrected chi connectivity index (χ0v) is 16.7. The predicted octanol–water partition coefficient (Wildman–Crippen LogP) is 3.36. The lowest BCUT2D eigenvalue weighted by molar-refractivity contribution is 0.164. The fourth-order valence-corrected chi connectivity index (χ4v) is 5.06. The highest BCUT2D eigenvalue weighted by Crippen LogP contribution is 2.44. The maximum atomic E-state index is 5.63. The van der Waals surface area contributed by atoms with E-state index in [0.717, 1.165) is 43.5 Å². The van der Waals surface area contributed by atoms with E-state index in [1.807, 2.05) is 12.1 Å². The molecule has 0 aliphatic carbocycles. The number of nitrogens with zero attached hydrogens (tertiary/aromatic N) is 4. The molecule has 1 aromatic heterocycles. The van der Waals surface area contributed by atoms with Gasteiger partial charge in [0.25, 0.3) is 0 Å². The van der Waals surface area contributed by atoms with E-state index < -0.39 is 0 Å². The lowest BCUT2D eigenvalue weighted by Crippen LogP contribution is -2.38. The molecular formula is C22H28N4O2. The second kappa shape index (κ2) is 7.24. The van der Waals surface area contributed by atoms with Crippen LogP contribution >= 0.6 is 0 Å². The SMILES string of the molecule is COc1ccc(CN2[C@H]3CC[C@@H]2c2cnc(N4CCCC4)nc2C3)c(OC)c1. The van der Waals surface area contributed by atoms with E-state index in [-0.39, 0.29) is 0 Å². The van der Waals surface area contributed by atoms with Crippen molar-refractivity contribution in [1.82, 2.24) is 14.9 Å². The highest BCUT2D eigenvalue weighted by Gasteiger charge is 2.41. The third-order valence-corrected chi connectivity index (χ3v) is 6.55. The van der Waals surface area contributed by atoms with Crippen molar-refractivity contribution in [3.05, 3.63) is 41.2 Å². The third kappa shape index (κ3) is 3.00. The standard InChI is InChI=1S/C22H28N4O2/c1-27-17-7-5-15(21(12-17)28-2)14-26-16-6-8-20(26)18-13-23-22(24-19(18)11-16)25-9-3-4-10-25/h5,7,12-13,16,20H,3-4,6,8-11,14H2,1-2H3/t16-,20+/m0/s1. The van der Waals surface area contributed by atoms with Crippen LogP contribution < -0.4 is 14.4 Å². The van der Waals surface area contributed by atoms with E-state index >= 15 is 0 Å². The fourth-order valence-electron chi connectivity index (χ4n) is 5.06. The van der Waals surface area contributed by atoms with E-state index in [1.54, 1.807) is 14.2 Å². The molecule has 2 fully saturated rings. The average Bonchev–Trinajstić information content (AvgIpc) is 3.36. The first-order chi connectivity index (χ1) is 13.8. The van der Waals surface area contributed by atoms with E-state index in [0.29, 0.717) is 12.1 Å². The summed E-state index contributed by atoms with van der Waals surface area (Å²) < 4.78 is 11.0. The van der Waals surface area contributed by atoms with Gasteiger partial charge in [-0.15, -0.1) is 0 Å². The Kier molecular flexibility index (Phi) is 4.59. The number of ether oxygens (including phenoxy) is 2. The molecule has 5 rings (SSSR count). The minimum atomic E-state index is 0.410. The van der Waals surface area contributed by atoms with Crippen LogP contribution in [0.15, 0.2) is 24.4 Å². The summed E-state index contributed by atoms with van der Waals surface area (Å²) in [5.41, 5.74) is 3.80. The van der Waals surface area contributed by atoms with Crippen molar-refractivity contribution in [2.24, 2.45) is 0 Å². The summed E-state index contributed by atoms with van der Waals surface area (Å²) in [5.74, 6) is 2.65. The number of rotatable bonds is 5. The average molecular weight is 380 g/mol. The van der Waals surface area contributed by atoms with E-state index in [4.69, 9.17) is 19.4 Å². The van der Waals surface area contributed by atoms with Gasteiger partial charge in [0.1, 0.15) is 11.5 Å². The summed E-state index contributed by atoms with van der Waals surface area (Å²) in [6, 6.07) is 7.07. The largest absolute Gasteiger partial charge is 0.497 e. The van der Waals surface area contributed by atoms with Crippen LogP contribution in [0.1, 0.15) is 48.5 Å². The highest BCUT2D eigenvalue weighted by molar-refractivity contribution is 5.42. The summed E-state index contributed by atoms with van der Waals surface area (Å²) in [6.07, 6.45) is 8.03. The van der Waals surface area contributed by atoms with Crippen LogP contribution in [0, 0.1) is 0 Å². The topological polar surface area (TPSA) is 50.7 Å². The molecule has 2 atom stereocenters. The normalized spacial score (nSPS) is 23.7. The number of fused-ring (bicyclic) bond motifs is 4. The van der Waals surface area contributed by atoms with Crippen molar-refractivity contribution in [1.29, 1.82) is 0 Å². The number of hydrogen-bond acceptors (Lipinski definition) is 6. The van der Waals surface area contributed by atoms with Crippen molar-refractivity contribution < 1.29 is 9.47 Å². The first-order valence-electron chi connectivity index (χ1n) is 10.3. The van der Waals surface area contributed by atoms with Gasteiger partial charge in [-0.1, -0.05) is 6.07 Å². The summed E-state index contributed by atoms with van der Waals surface area (Å²) in [4.78, 5) is 14.7. The van der Waals surface area contributed by atoms with E-state index in [2.05, 4.69) is 22.1 Å². The Labute approximate surface area is 166 Å². The number of benzene rings is 1. The number of hydrogen-bond donors (Lipinski definition) is 0. The van der Waals surface area contributed by atoms with Gasteiger partial charge in [-0.2, -0.15) is 0 Å². The molecule has 0 unspecified atom stereocenters. The van der Waals surface area contributed by atoms with E-state index in [1.165, 1.54) is 42.5 Å². The third-order valence-electron chi connectivity index (χ3n) is 6.55. The Morgan fingerprint density at radius 1 is 1.11 bits per heavy atom. The lowest BCUT2D eigenvalue weighted by atomic mass is 9.98. The van der Waals surface area contributed by atoms with Gasteiger partial charge in [0.2, 0.25) is 5.95 Å². The maximum absolute atomic E-state index is 5.63. The molecule has 2 bridgehead atoms. The Morgan fingerprint density at radius 2 is 1.96 bits per heavy atom. The highest BCUT2D eigenvalue weighted by atomic mass is 16.5. The van der Waals surface area contributed by atoms with E-state index in [9.17, 15) is 0 Å². The van der Waals surface area contributed by atoms with Gasteiger partial charge in [-0.3, -0.25) is 4.90 Å². The molecule has 0 saturated carbocycles. The maximum Gasteiger partial charge on any atom is 0.225 e. The zero-order chi connectivity index (χ0) is 19.1. The van der Waals surface area contributed by atoms with Crippen LogP contribution in [0.5, 0.6) is 11.5 Å². The van der Waals surface area contributed by atoms with Crippen LogP contribution in [0.25, 0.3) is 0 Å². The summed E-state index contributed by atoms with van der Waals surface area (Å²) in [6.45, 7) is 3.07. The molecule has 0 amide bonds. The van der Waals surface area contributed by atoms with Crippen LogP contribution in [0.2, 0.25) is 0 Å². The predicted molar refractivity (Wildman–Crippen MR) is 108 cm³/mol. The molecule has 148 valence electrons. The van der Waals surface area contributed by atoms with Gasteiger partial charge in [-0.05, 0) is 31.7 Å². The molecule has 0 N–H and O–H groups in total. The molecule has 2 saturated heterocycles. The van der Waals surface area contributed by atoms with Gasteiger partial charge in [0, 0.05) is 61.5 Å². The minimum Gasteiger partial charge on any atom is -0.497 e. The number of methoxy groups -OCH3 is 2. The molecule has 6 nitrogen and oxygen atoms in total. The molecule has 3 aliphatic rings. The van der Waals surface area contributed by atoms with Gasteiger partial charge in [-0.25, -0.2) is 9.97 Å². The summed E-state index contributed by atoms with van der Waals surface area (Å²) in [5, 5.41) is 0. The van der Waals surface area contributed by atoms with Crippen LogP contribution in [0.3, 0.4) is 0 Å². The molecule has 1 aromatic carbocycles. The van der Waals surface area contributed by atoms with Crippen molar-refractivity contribution >= 4 is 5.95 Å². The summed E-state index contributed by atoms with van der Waals surface area (Å²) >= 11 is 0. The smallest absolute Gasteiger partial charge is 0.225 e. The van der Waals surface area contributed by atoms with Gasteiger partial charge in [0.15, 0.2) is 0 Å². The van der Waals surface area contributed by atoms with Gasteiger partial charge in [0.05, 0.1) is 19.9 Å². The molecule has 6 heteroatoms. The monoisotopic (exact) mass is 380 g/mol. The van der Waals surface area contributed by atoms with Gasteiger partial charge >= 0.3 is 0 Å². The van der Waals surface area contributed by atoms with Crippen molar-refractivity contribution in [3.8, 4) is 11.5 Å². The second-order valence-corrected chi connectivity index (χ2v) is 8.07. The first kappa shape index (κ1) is 17.7. The molecule has 0 radical (unpaired) electrons. The number of aromatic nitrogens is 2. The Balaban J connectivity index is 1.40. The summed E-state index contributed by atoms with van der Waals surface area (Å²) in [7, 11) is 3.42. The molecule has 28 heavy (non-hydrogen) atoms. The quantitative estimate of drug-likeness (QED) is 0.793. The molecule has 0 spiro atoms. The Bertz CT molecular complexity index is 866. The Hall–Kier alpha value is -2.34. The van der Waals surface area contributed by atoms with Crippen molar-refractivity contribution in [3.63, 3.8) is 0 Å². The molecule has 3 aliphatic heterocycles. The first-order valence-corrected chi connectivity index (χ1v) is 10.3. The lowest BCUT2D eigenvalue weighted by Gasteiger charge is -2.36. The molecular weight excluding hydrogens is 352 g/mol. The van der Waals surface area contributed by atoms with Crippen LogP contribution in [-0.2, 0) is 13.0 Å². The Morgan fingerprint density at radius 3 is 2.75 bits per heavy atom. The minimum absolute atomic E-state index is 0.410. The van der Waals surface area contributed by atoms with Crippen LogP contribution in [0.4, 0.5) is 5.95 Å². The van der Waals surface area contributed by atoms with Crippen molar-refractivity contribution in [2.75, 3.05) is 32.2 Å². The van der Waals surface area contributed by atoms with Gasteiger partial charge < -0.3 is 14.4 Å². The second-order valence-electron chi connectivity index (χ2n) is 8.07. The molecule has 2 aromatic rings. The van der Waals surface area contributed by atoms with Crippen LogP contribution in [-0.4, -0.2) is 48.2 Å². The molecule has 4 heterocycles. The zero-order valence-electron chi connectivity index (χ0n) is 16.7. The fraction of sp³-hybridized carbons (Fsp3) is 0.545. The van der Waals surface area contributed by atoms with Crippen molar-refractivity contribution in [2.45, 2.75) is 50.7 Å². The number of anilines is 1.